The molecule has 2 unspecified atom stereocenters. The summed E-state index contributed by atoms with van der Waals surface area (Å²) >= 11 is 0. The highest BCUT2D eigenvalue weighted by Crippen LogP contribution is 2.30. The van der Waals surface area contributed by atoms with Crippen molar-refractivity contribution in [2.24, 2.45) is 11.8 Å². The average molecular weight is 271 g/mol. The lowest BCUT2D eigenvalue weighted by molar-refractivity contribution is 0.192. The molecule has 0 radical (unpaired) electrons. The van der Waals surface area contributed by atoms with Gasteiger partial charge in [-0.1, -0.05) is 6.42 Å². The molecule has 0 amide bonds. The maximum atomic E-state index is 13.1. The fourth-order valence-corrected chi connectivity index (χ4v) is 2.74. The molecule has 0 bridgehead atoms. The van der Waals surface area contributed by atoms with E-state index in [0.717, 1.165) is 37.9 Å². The van der Waals surface area contributed by atoms with E-state index < -0.39 is 17.4 Å². The van der Waals surface area contributed by atoms with Crippen molar-refractivity contribution in [2.75, 3.05) is 13.2 Å². The van der Waals surface area contributed by atoms with Crippen molar-refractivity contribution >= 4 is 0 Å². The van der Waals surface area contributed by atoms with Crippen LogP contribution in [0.1, 0.15) is 24.8 Å². The zero-order valence-electron chi connectivity index (χ0n) is 10.7. The Morgan fingerprint density at radius 2 is 1.79 bits per heavy atom. The van der Waals surface area contributed by atoms with E-state index in [1.165, 1.54) is 0 Å². The van der Waals surface area contributed by atoms with Crippen molar-refractivity contribution in [3.05, 3.63) is 29.3 Å². The number of hydrogen-bond acceptors (Lipinski definition) is 3. The molecule has 0 aliphatic heterocycles. The first kappa shape index (κ1) is 14.2. The first-order valence-electron chi connectivity index (χ1n) is 6.60. The van der Waals surface area contributed by atoms with Crippen LogP contribution in [-0.2, 0) is 6.54 Å². The van der Waals surface area contributed by atoms with Crippen LogP contribution in [0.3, 0.4) is 0 Å². The van der Waals surface area contributed by atoms with Crippen molar-refractivity contribution in [1.29, 1.82) is 0 Å². The zero-order valence-corrected chi connectivity index (χ0v) is 10.7. The van der Waals surface area contributed by atoms with Gasteiger partial charge in [-0.3, -0.25) is 0 Å². The summed E-state index contributed by atoms with van der Waals surface area (Å²) in [5.74, 6) is -2.05. The van der Waals surface area contributed by atoms with Gasteiger partial charge in [-0.05, 0) is 48.9 Å². The number of nitrogens with one attached hydrogen (secondary N) is 1. The minimum atomic E-state index is -0.939. The monoisotopic (exact) mass is 271 g/mol. The summed E-state index contributed by atoms with van der Waals surface area (Å²) in [7, 11) is 0. The highest BCUT2D eigenvalue weighted by Gasteiger charge is 2.25. The number of rotatable bonds is 5. The smallest absolute Gasteiger partial charge is 0.187 e. The van der Waals surface area contributed by atoms with Gasteiger partial charge in [0.2, 0.25) is 0 Å². The number of aromatic hydroxyl groups is 1. The fourth-order valence-electron chi connectivity index (χ4n) is 2.74. The average Bonchev–Trinajstić information content (AvgIpc) is 2.83. The Morgan fingerprint density at radius 1 is 1.16 bits per heavy atom. The molecule has 19 heavy (non-hydrogen) atoms. The standard InChI is InChI=1S/C14H19F2NO2/c15-12-4-9(5-13(16)14(12)19)6-17-7-10-2-1-3-11(10)8-18/h4-5,10-11,17-19H,1-3,6-8H2. The van der Waals surface area contributed by atoms with Gasteiger partial charge >= 0.3 is 0 Å². The molecule has 1 aliphatic rings. The van der Waals surface area contributed by atoms with Crippen LogP contribution in [0.5, 0.6) is 5.75 Å². The van der Waals surface area contributed by atoms with Crippen molar-refractivity contribution in [3.63, 3.8) is 0 Å². The Kier molecular flexibility index (Phi) is 4.71. The molecule has 3 N–H and O–H groups in total. The SMILES string of the molecule is OCC1CCCC1CNCc1cc(F)c(O)c(F)c1. The van der Waals surface area contributed by atoms with Crippen molar-refractivity contribution in [1.82, 2.24) is 5.32 Å². The number of halogens is 2. The molecule has 106 valence electrons. The highest BCUT2D eigenvalue weighted by molar-refractivity contribution is 5.29. The molecule has 2 rings (SSSR count). The van der Waals surface area contributed by atoms with E-state index in [9.17, 15) is 13.9 Å². The molecule has 1 aromatic rings. The summed E-state index contributed by atoms with van der Waals surface area (Å²) in [6.45, 7) is 1.28. The molecule has 0 saturated heterocycles. The van der Waals surface area contributed by atoms with E-state index in [0.29, 0.717) is 23.9 Å². The molecular weight excluding hydrogens is 252 g/mol. The van der Waals surface area contributed by atoms with E-state index in [4.69, 9.17) is 5.11 Å². The van der Waals surface area contributed by atoms with Gasteiger partial charge < -0.3 is 15.5 Å². The van der Waals surface area contributed by atoms with Crippen LogP contribution in [0.4, 0.5) is 8.78 Å². The summed E-state index contributed by atoms with van der Waals surface area (Å²) in [5, 5.41) is 21.4. The number of phenols is 1. The Labute approximate surface area is 111 Å². The number of aliphatic hydroxyl groups excluding tert-OH is 1. The first-order chi connectivity index (χ1) is 9.11. The van der Waals surface area contributed by atoms with Gasteiger partial charge in [-0.15, -0.1) is 0 Å². The van der Waals surface area contributed by atoms with Gasteiger partial charge in [0.15, 0.2) is 17.4 Å². The maximum Gasteiger partial charge on any atom is 0.187 e. The molecule has 2 atom stereocenters. The van der Waals surface area contributed by atoms with E-state index >= 15 is 0 Å². The summed E-state index contributed by atoms with van der Waals surface area (Å²) in [6.07, 6.45) is 3.25. The third kappa shape index (κ3) is 3.42. The van der Waals surface area contributed by atoms with E-state index in [1.54, 1.807) is 0 Å². The lowest BCUT2D eigenvalue weighted by Gasteiger charge is -2.17. The topological polar surface area (TPSA) is 52.5 Å². The second kappa shape index (κ2) is 6.30. The lowest BCUT2D eigenvalue weighted by Crippen LogP contribution is -2.26. The Hall–Kier alpha value is -1.20. The van der Waals surface area contributed by atoms with Crippen LogP contribution < -0.4 is 5.32 Å². The second-order valence-electron chi connectivity index (χ2n) is 5.17. The molecular formula is C14H19F2NO2. The predicted octanol–water partition coefficient (Wildman–Crippen LogP) is 2.17. The van der Waals surface area contributed by atoms with E-state index in [-0.39, 0.29) is 6.61 Å². The van der Waals surface area contributed by atoms with E-state index in [1.807, 2.05) is 0 Å². The largest absolute Gasteiger partial charge is 0.503 e. The number of hydrogen-bond donors (Lipinski definition) is 3. The Balaban J connectivity index is 1.86. The molecule has 1 aliphatic carbocycles. The van der Waals surface area contributed by atoms with Crippen molar-refractivity contribution in [3.8, 4) is 5.75 Å². The summed E-state index contributed by atoms with van der Waals surface area (Å²) in [6, 6.07) is 2.26. The quantitative estimate of drug-likeness (QED) is 0.769. The van der Waals surface area contributed by atoms with Gasteiger partial charge in [0.25, 0.3) is 0 Å². The molecule has 0 aromatic heterocycles. The lowest BCUT2D eigenvalue weighted by atomic mass is 9.97. The van der Waals surface area contributed by atoms with Gasteiger partial charge in [-0.25, -0.2) is 8.78 Å². The Morgan fingerprint density at radius 3 is 2.42 bits per heavy atom. The molecule has 1 fully saturated rings. The molecule has 5 heteroatoms. The Bertz CT molecular complexity index is 416. The summed E-state index contributed by atoms with van der Waals surface area (Å²) < 4.78 is 26.3. The van der Waals surface area contributed by atoms with Crippen LogP contribution in [0.2, 0.25) is 0 Å². The van der Waals surface area contributed by atoms with Crippen LogP contribution in [-0.4, -0.2) is 23.4 Å². The van der Waals surface area contributed by atoms with Crippen LogP contribution in [0.15, 0.2) is 12.1 Å². The minimum Gasteiger partial charge on any atom is -0.503 e. The zero-order chi connectivity index (χ0) is 13.8. The molecule has 0 heterocycles. The minimum absolute atomic E-state index is 0.203. The van der Waals surface area contributed by atoms with Crippen LogP contribution >= 0.6 is 0 Å². The molecule has 1 aromatic carbocycles. The van der Waals surface area contributed by atoms with Gasteiger partial charge in [0.05, 0.1) is 0 Å². The maximum absolute atomic E-state index is 13.1. The van der Waals surface area contributed by atoms with Gasteiger partial charge in [0.1, 0.15) is 0 Å². The summed E-state index contributed by atoms with van der Waals surface area (Å²) in [5.41, 5.74) is 0.464. The second-order valence-corrected chi connectivity index (χ2v) is 5.17. The van der Waals surface area contributed by atoms with E-state index in [2.05, 4.69) is 5.32 Å². The normalized spacial score (nSPS) is 22.9. The number of aliphatic hydroxyl groups is 1. The third-order valence-electron chi connectivity index (χ3n) is 3.86. The summed E-state index contributed by atoms with van der Waals surface area (Å²) in [4.78, 5) is 0. The van der Waals surface area contributed by atoms with Crippen molar-refractivity contribution in [2.45, 2.75) is 25.8 Å². The van der Waals surface area contributed by atoms with Crippen LogP contribution in [0, 0.1) is 23.5 Å². The van der Waals surface area contributed by atoms with Gasteiger partial charge in [0, 0.05) is 13.2 Å². The fraction of sp³-hybridized carbons (Fsp3) is 0.571. The van der Waals surface area contributed by atoms with Gasteiger partial charge in [-0.2, -0.15) is 0 Å². The molecule has 3 nitrogen and oxygen atoms in total. The molecule has 1 saturated carbocycles. The first-order valence-corrected chi connectivity index (χ1v) is 6.60. The number of benzene rings is 1. The predicted molar refractivity (Wildman–Crippen MR) is 67.6 cm³/mol. The van der Waals surface area contributed by atoms with Crippen LogP contribution in [0.25, 0.3) is 0 Å². The number of phenolic OH excluding ortho intramolecular Hbond substituents is 1. The highest BCUT2D eigenvalue weighted by atomic mass is 19.1. The third-order valence-corrected chi connectivity index (χ3v) is 3.86. The molecule has 0 spiro atoms. The van der Waals surface area contributed by atoms with Crippen molar-refractivity contribution < 1.29 is 19.0 Å².